The Labute approximate surface area is 209 Å². The third-order valence-corrected chi connectivity index (χ3v) is 11.4. The van der Waals surface area contributed by atoms with Gasteiger partial charge in [-0.25, -0.2) is 4.39 Å². The quantitative estimate of drug-likeness (QED) is 0.358. The van der Waals surface area contributed by atoms with E-state index < -0.39 is 38.8 Å². The average molecular weight is 517 g/mol. The first kappa shape index (κ1) is 25.2. The van der Waals surface area contributed by atoms with E-state index >= 15 is 4.39 Å². The van der Waals surface area contributed by atoms with Gasteiger partial charge < -0.3 is 4.74 Å². The summed E-state index contributed by atoms with van der Waals surface area (Å²) in [5.74, 6) is -1.49. The maximum atomic E-state index is 15.7. The van der Waals surface area contributed by atoms with E-state index in [4.69, 9.17) is 27.9 Å². The molecule has 0 saturated heterocycles. The summed E-state index contributed by atoms with van der Waals surface area (Å²) >= 11 is 15.6. The van der Waals surface area contributed by atoms with Crippen molar-refractivity contribution in [3.05, 3.63) is 23.8 Å². The van der Waals surface area contributed by atoms with E-state index in [1.54, 1.807) is 19.3 Å². The summed E-state index contributed by atoms with van der Waals surface area (Å²) in [5, 5.41) is -0.834. The summed E-state index contributed by atoms with van der Waals surface area (Å²) in [6, 6.07) is 0. The number of ether oxygens (including phenoxy) is 1. The fourth-order valence-corrected chi connectivity index (χ4v) is 9.53. The fourth-order valence-electron chi connectivity index (χ4n) is 7.56. The highest BCUT2D eigenvalue weighted by atomic mass is 35.5. The summed E-state index contributed by atoms with van der Waals surface area (Å²) in [4.78, 5) is 37.0. The van der Waals surface area contributed by atoms with Crippen LogP contribution in [-0.4, -0.2) is 45.1 Å². The molecule has 0 N–H and O–H groups in total. The minimum absolute atomic E-state index is 0.119. The van der Waals surface area contributed by atoms with Crippen molar-refractivity contribution >= 4 is 51.8 Å². The number of carbonyl (C=O) groups excluding carboxylic acids is 3. The van der Waals surface area contributed by atoms with Gasteiger partial charge in [0.1, 0.15) is 6.17 Å². The van der Waals surface area contributed by atoms with Gasteiger partial charge in [0.15, 0.2) is 11.4 Å². The van der Waals surface area contributed by atoms with Crippen molar-refractivity contribution in [1.82, 2.24) is 0 Å². The van der Waals surface area contributed by atoms with Crippen LogP contribution in [0.3, 0.4) is 0 Å². The largest absolute Gasteiger partial charge is 0.449 e. The van der Waals surface area contributed by atoms with Crippen molar-refractivity contribution in [3.8, 4) is 0 Å². The molecule has 182 valence electrons. The highest BCUT2D eigenvalue weighted by Gasteiger charge is 2.77. The van der Waals surface area contributed by atoms with Crippen LogP contribution in [0.25, 0.3) is 0 Å². The number of esters is 1. The minimum atomic E-state index is -1.35. The number of carbonyl (C=O) groups is 3. The molecule has 4 aliphatic rings. The van der Waals surface area contributed by atoms with Gasteiger partial charge in [-0.15, -0.1) is 23.2 Å². The van der Waals surface area contributed by atoms with E-state index in [2.05, 4.69) is 0 Å². The van der Waals surface area contributed by atoms with Gasteiger partial charge in [-0.1, -0.05) is 45.5 Å². The number of thioether (sulfide) groups is 1. The van der Waals surface area contributed by atoms with Crippen LogP contribution in [0.2, 0.25) is 0 Å². The number of rotatable bonds is 3. The Morgan fingerprint density at radius 1 is 1.27 bits per heavy atom. The maximum absolute atomic E-state index is 15.7. The van der Waals surface area contributed by atoms with Crippen molar-refractivity contribution in [2.24, 2.45) is 28.6 Å². The Bertz CT molecular complexity index is 968. The molecule has 4 aliphatic carbocycles. The Hall–Kier alpha value is -0.850. The summed E-state index contributed by atoms with van der Waals surface area (Å²) in [6.45, 7) is 7.46. The van der Waals surface area contributed by atoms with Crippen molar-refractivity contribution in [2.75, 3.05) is 6.26 Å². The molecule has 3 fully saturated rings. The lowest BCUT2D eigenvalue weighted by Gasteiger charge is -2.64. The molecule has 0 aliphatic heterocycles. The number of fused-ring (bicyclic) bond motifs is 5. The second-order valence-corrected chi connectivity index (χ2v) is 12.4. The highest BCUT2D eigenvalue weighted by Crippen LogP contribution is 2.73. The molecule has 3 saturated carbocycles. The molecule has 0 aromatic heterocycles. The lowest BCUT2D eigenvalue weighted by Crippen LogP contribution is -2.69. The van der Waals surface area contributed by atoms with Gasteiger partial charge in [-0.05, 0) is 55.1 Å². The van der Waals surface area contributed by atoms with E-state index in [1.165, 1.54) is 12.2 Å². The smallest absolute Gasteiger partial charge is 0.306 e. The third kappa shape index (κ3) is 3.05. The predicted molar refractivity (Wildman–Crippen MR) is 129 cm³/mol. The van der Waals surface area contributed by atoms with Gasteiger partial charge in [0, 0.05) is 23.2 Å². The van der Waals surface area contributed by atoms with Crippen LogP contribution in [0, 0.1) is 28.6 Å². The molecule has 0 aromatic carbocycles. The molecule has 0 bridgehead atoms. The van der Waals surface area contributed by atoms with E-state index in [0.717, 1.165) is 11.8 Å². The number of hydrogen-bond donors (Lipinski definition) is 0. The van der Waals surface area contributed by atoms with Crippen LogP contribution in [0.15, 0.2) is 23.8 Å². The first-order valence-corrected chi connectivity index (χ1v) is 13.6. The third-order valence-electron chi connectivity index (χ3n) is 9.18. The molecular formula is C25H31Cl2FO4S. The highest BCUT2D eigenvalue weighted by molar-refractivity contribution is 8.13. The zero-order valence-electron chi connectivity index (χ0n) is 19.6. The number of alkyl halides is 3. The Morgan fingerprint density at radius 3 is 2.55 bits per heavy atom. The van der Waals surface area contributed by atoms with Crippen molar-refractivity contribution in [1.29, 1.82) is 0 Å². The Balaban J connectivity index is 1.88. The van der Waals surface area contributed by atoms with Crippen LogP contribution >= 0.6 is 35.0 Å². The molecular weight excluding hydrogens is 486 g/mol. The van der Waals surface area contributed by atoms with Crippen LogP contribution in [0.4, 0.5) is 4.39 Å². The van der Waals surface area contributed by atoms with Gasteiger partial charge in [-0.3, -0.25) is 14.4 Å². The SMILES string of the molecule is CCC(=O)O[C@]1(C(=O)SC)[C@@H](C)C[C@H]2[C@@H]3C[C@H](F)C4=CC(=O)C=C[C@]4(C)[C@@]3(Cl)[C@@H](Cl)C[C@@]21C. The topological polar surface area (TPSA) is 60.4 Å². The maximum Gasteiger partial charge on any atom is 0.306 e. The van der Waals surface area contributed by atoms with E-state index in [-0.39, 0.29) is 41.5 Å². The molecule has 33 heavy (non-hydrogen) atoms. The van der Waals surface area contributed by atoms with Gasteiger partial charge in [0.05, 0.1) is 10.3 Å². The van der Waals surface area contributed by atoms with Gasteiger partial charge in [-0.2, -0.15) is 0 Å². The molecule has 0 amide bonds. The monoisotopic (exact) mass is 516 g/mol. The second kappa shape index (κ2) is 8.09. The lowest BCUT2D eigenvalue weighted by molar-refractivity contribution is -0.189. The number of hydrogen-bond acceptors (Lipinski definition) is 5. The van der Waals surface area contributed by atoms with Crippen LogP contribution < -0.4 is 0 Å². The van der Waals surface area contributed by atoms with E-state index in [0.29, 0.717) is 18.4 Å². The molecule has 4 rings (SSSR count). The lowest BCUT2D eigenvalue weighted by atomic mass is 9.46. The predicted octanol–water partition coefficient (Wildman–Crippen LogP) is 5.65. The molecule has 9 atom stereocenters. The zero-order valence-corrected chi connectivity index (χ0v) is 22.0. The number of ketones is 1. The molecule has 0 unspecified atom stereocenters. The van der Waals surface area contributed by atoms with E-state index in [9.17, 15) is 14.4 Å². The Kier molecular flexibility index (Phi) is 6.19. The molecule has 4 nitrogen and oxygen atoms in total. The van der Waals surface area contributed by atoms with Crippen LogP contribution in [0.5, 0.6) is 0 Å². The summed E-state index contributed by atoms with van der Waals surface area (Å²) in [6.07, 6.45) is 6.07. The number of halogens is 3. The van der Waals surface area contributed by atoms with Gasteiger partial charge in [0.2, 0.25) is 5.12 Å². The zero-order chi connectivity index (χ0) is 24.6. The molecule has 0 heterocycles. The molecule has 0 spiro atoms. The van der Waals surface area contributed by atoms with Gasteiger partial charge >= 0.3 is 5.97 Å². The van der Waals surface area contributed by atoms with Crippen molar-refractivity contribution in [3.63, 3.8) is 0 Å². The Morgan fingerprint density at radius 2 is 1.94 bits per heavy atom. The summed E-state index contributed by atoms with van der Waals surface area (Å²) in [7, 11) is 0. The summed E-state index contributed by atoms with van der Waals surface area (Å²) < 4.78 is 21.7. The van der Waals surface area contributed by atoms with Crippen molar-refractivity contribution < 1.29 is 23.5 Å². The molecule has 8 heteroatoms. The summed E-state index contributed by atoms with van der Waals surface area (Å²) in [5.41, 5.74) is -2.70. The standard InChI is InChI=1S/C25H31Cl2FO4S/c1-6-20(30)32-25(21(31)33-5)13(2)9-15-16-11-18(28)17-10-14(29)7-8-22(17,3)24(16,27)19(26)12-23(15,25)4/h7-8,10,13,15-16,18-19H,6,9,11-12H2,1-5H3/t13-,15-,16-,18-,19-,22-,23-,24-,25-/m0/s1. The minimum Gasteiger partial charge on any atom is -0.449 e. The van der Waals surface area contributed by atoms with Gasteiger partial charge in [0.25, 0.3) is 0 Å². The number of allylic oxidation sites excluding steroid dienone is 4. The second-order valence-electron chi connectivity index (χ2n) is 10.5. The normalized spacial score (nSPS) is 48.4. The van der Waals surface area contributed by atoms with E-state index in [1.807, 2.05) is 20.8 Å². The van der Waals surface area contributed by atoms with Crippen molar-refractivity contribution in [2.45, 2.75) is 75.4 Å². The van der Waals surface area contributed by atoms with Crippen LogP contribution in [0.1, 0.15) is 53.4 Å². The molecule has 0 aromatic rings. The first-order valence-electron chi connectivity index (χ1n) is 11.6. The van der Waals surface area contributed by atoms with Crippen LogP contribution in [-0.2, 0) is 19.1 Å². The first-order chi connectivity index (χ1) is 15.3. The fraction of sp³-hybridized carbons (Fsp3) is 0.720. The average Bonchev–Trinajstić information content (AvgIpc) is 2.98. The molecule has 0 radical (unpaired) electrons.